The number of methoxy groups -OCH3 is 3. The van der Waals surface area contributed by atoms with E-state index in [9.17, 15) is 26.3 Å². The fourth-order valence-corrected chi connectivity index (χ4v) is 8.19. The number of aromatic nitrogens is 16. The molecule has 0 aliphatic heterocycles. The molecule has 34 heteroatoms. The van der Waals surface area contributed by atoms with E-state index in [1.165, 1.54) is 28.9 Å². The summed E-state index contributed by atoms with van der Waals surface area (Å²) in [6.07, 6.45) is 14.3. The predicted molar refractivity (Wildman–Crippen MR) is 281 cm³/mol. The van der Waals surface area contributed by atoms with Crippen LogP contribution in [0.25, 0.3) is 21.4 Å². The fourth-order valence-electron chi connectivity index (χ4n) is 5.80. The van der Waals surface area contributed by atoms with Crippen LogP contribution in [-0.2, 0) is 58.3 Å². The van der Waals surface area contributed by atoms with Gasteiger partial charge in [-0.25, -0.2) is 29.9 Å². The highest BCUT2D eigenvalue weighted by Gasteiger charge is 2.39. The third kappa shape index (κ3) is 19.0. The number of alkyl halides is 7. The number of nitrogen functional groups attached to an aromatic ring is 1. The lowest BCUT2D eigenvalue weighted by Crippen LogP contribution is -2.21. The second kappa shape index (κ2) is 30.8. The number of nitrogens with zero attached hydrogens (tertiary/aromatic N) is 17. The van der Waals surface area contributed by atoms with Gasteiger partial charge in [-0.05, 0) is 24.3 Å². The molecule has 0 radical (unpaired) electrons. The molecule has 24 nitrogen and oxygen atoms in total. The molecular formula is C46H41BrClF6N19O5S2. The van der Waals surface area contributed by atoms with E-state index in [0.717, 1.165) is 15.4 Å². The van der Waals surface area contributed by atoms with Crippen LogP contribution in [0.15, 0.2) is 126 Å². The summed E-state index contributed by atoms with van der Waals surface area (Å²) >= 11 is 11.4. The van der Waals surface area contributed by atoms with Crippen molar-refractivity contribution in [3.8, 4) is 21.4 Å². The highest BCUT2D eigenvalue weighted by Crippen LogP contribution is 2.35. The molecule has 0 aliphatic rings. The Hall–Kier alpha value is -8.21. The number of thiophene rings is 2. The van der Waals surface area contributed by atoms with Gasteiger partial charge in [-0.1, -0.05) is 37.8 Å². The van der Waals surface area contributed by atoms with Crippen LogP contribution in [-0.4, -0.2) is 101 Å². The standard InChI is InChI=1S/C18H14F3N7O2S.C10H11N5O.C8H4BrF3N2OS.C6H7ClN2O.C4H5N3/c1-29-10-12-16(25-7-6-23-12)28(14-8-22-4-5-24-14)9-11-2-3-13(31-11)15-26-17(30-27-15)18(19,20)21;1-16-7-8-10(14-5-4-12-8)15-9-6-11-2-3-13-9;9-3-4-1-2-5(16-4)6-13-7(15-14-6)8(10,11)12;1-10-4-5-6(7)9-3-2-8-5;5-4-3-6-1-2-7-4/h2-8H,9-10H2,1H3;2-6H,7H2,1H3,(H,13,14,15);1-2H,3H2;2-3H,4H2,1H3;1-3H,(H2,5,7). The first kappa shape index (κ1) is 61.0. The van der Waals surface area contributed by atoms with Crippen LogP contribution < -0.4 is 16.0 Å². The van der Waals surface area contributed by atoms with Crippen molar-refractivity contribution in [2.45, 2.75) is 44.0 Å². The molecule has 0 saturated heterocycles. The Morgan fingerprint density at radius 1 is 0.588 bits per heavy atom. The van der Waals surface area contributed by atoms with Crippen molar-refractivity contribution < 1.29 is 49.6 Å². The van der Waals surface area contributed by atoms with Crippen molar-refractivity contribution >= 4 is 79.3 Å². The summed E-state index contributed by atoms with van der Waals surface area (Å²) in [5, 5.41) is 10.8. The van der Waals surface area contributed by atoms with Crippen LogP contribution in [0.2, 0.25) is 5.15 Å². The normalized spacial score (nSPS) is 10.9. The summed E-state index contributed by atoms with van der Waals surface area (Å²) in [6, 6.07) is 6.84. The Bertz CT molecular complexity index is 3390. The Labute approximate surface area is 470 Å². The number of ether oxygens (including phenoxy) is 3. The van der Waals surface area contributed by atoms with E-state index >= 15 is 0 Å². The van der Waals surface area contributed by atoms with E-state index in [0.29, 0.717) is 80.5 Å². The predicted octanol–water partition coefficient (Wildman–Crippen LogP) is 10.1. The average molecular weight is 1230 g/mol. The zero-order valence-electron chi connectivity index (χ0n) is 41.6. The summed E-state index contributed by atoms with van der Waals surface area (Å²) in [5.41, 5.74) is 7.19. The van der Waals surface area contributed by atoms with Crippen LogP contribution in [0, 0.1) is 0 Å². The van der Waals surface area contributed by atoms with Gasteiger partial charge in [-0.2, -0.15) is 36.3 Å². The Morgan fingerprint density at radius 3 is 1.59 bits per heavy atom. The van der Waals surface area contributed by atoms with E-state index in [4.69, 9.17) is 31.5 Å². The van der Waals surface area contributed by atoms with E-state index in [2.05, 4.69) is 110 Å². The molecule has 0 atom stereocenters. The zero-order chi connectivity index (χ0) is 57.3. The summed E-state index contributed by atoms with van der Waals surface area (Å²) in [7, 11) is 4.75. The van der Waals surface area contributed by atoms with E-state index in [1.807, 2.05) is 0 Å². The molecular weight excluding hydrogens is 1190 g/mol. The first-order chi connectivity index (χ1) is 38.6. The minimum absolute atomic E-state index is 0.0375. The summed E-state index contributed by atoms with van der Waals surface area (Å²) in [6.45, 7) is 1.35. The lowest BCUT2D eigenvalue weighted by Gasteiger charge is -2.23. The Kier molecular flexibility index (Phi) is 23.5. The smallest absolute Gasteiger partial charge is 0.382 e. The molecule has 0 saturated carbocycles. The lowest BCUT2D eigenvalue weighted by atomic mass is 10.3. The molecule has 80 heavy (non-hydrogen) atoms. The van der Waals surface area contributed by atoms with Crippen LogP contribution in [0.3, 0.4) is 0 Å². The number of hydrogen-bond acceptors (Lipinski definition) is 26. The number of nitrogens with one attached hydrogen (secondary N) is 1. The van der Waals surface area contributed by atoms with Crippen molar-refractivity contribution in [2.24, 2.45) is 0 Å². The largest absolute Gasteiger partial charge is 0.471 e. The SMILES string of the molecule is COCc1nccnc1Cl.COCc1nccnc1N(Cc1ccc(-c2noc(C(F)(F)F)n2)s1)c1cnccn1.COCc1nccnc1Nc1cnccn1.FC(F)(F)c1nc(-c2ccc(CBr)s2)no1.Nc1cnccn1. The number of rotatable bonds is 15. The summed E-state index contributed by atoms with van der Waals surface area (Å²) < 4.78 is 98.3. The highest BCUT2D eigenvalue weighted by atomic mass is 79.9. The van der Waals surface area contributed by atoms with Gasteiger partial charge in [0.1, 0.15) is 28.7 Å². The van der Waals surface area contributed by atoms with Crippen LogP contribution in [0.1, 0.15) is 38.6 Å². The van der Waals surface area contributed by atoms with Gasteiger partial charge in [0.25, 0.3) is 0 Å². The topological polar surface area (TPSA) is 301 Å². The molecule has 0 fully saturated rings. The minimum atomic E-state index is -4.70. The molecule has 10 heterocycles. The van der Waals surface area contributed by atoms with Crippen LogP contribution in [0.5, 0.6) is 0 Å². The average Bonchev–Trinajstić information content (AvgIpc) is 4.32. The molecule has 10 aromatic rings. The van der Waals surface area contributed by atoms with Gasteiger partial charge in [0.15, 0.2) is 22.6 Å². The third-order valence-corrected chi connectivity index (χ3v) is 12.6. The van der Waals surface area contributed by atoms with E-state index in [-0.39, 0.29) is 18.3 Å². The Morgan fingerprint density at radius 2 is 1.09 bits per heavy atom. The first-order valence-electron chi connectivity index (χ1n) is 22.3. The minimum Gasteiger partial charge on any atom is -0.382 e. The summed E-state index contributed by atoms with van der Waals surface area (Å²) in [5.74, 6) is -0.113. The van der Waals surface area contributed by atoms with Gasteiger partial charge >= 0.3 is 24.1 Å². The molecule has 10 aromatic heterocycles. The monoisotopic (exact) mass is 1230 g/mol. The highest BCUT2D eigenvalue weighted by molar-refractivity contribution is 9.08. The number of hydrogen-bond donors (Lipinski definition) is 2. The van der Waals surface area contributed by atoms with Crippen molar-refractivity contribution in [1.82, 2.24) is 80.1 Å². The third-order valence-electron chi connectivity index (χ3n) is 9.11. The molecule has 0 unspecified atom stereocenters. The molecule has 0 aromatic carbocycles. The van der Waals surface area contributed by atoms with Crippen molar-refractivity contribution in [2.75, 3.05) is 37.3 Å². The van der Waals surface area contributed by atoms with Crippen molar-refractivity contribution in [3.05, 3.63) is 161 Å². The molecule has 0 bridgehead atoms. The van der Waals surface area contributed by atoms with Gasteiger partial charge in [-0.15, -0.1) is 22.7 Å². The number of halogens is 8. The second-order valence-electron chi connectivity index (χ2n) is 14.8. The van der Waals surface area contributed by atoms with E-state index < -0.39 is 24.1 Å². The maximum atomic E-state index is 12.7. The van der Waals surface area contributed by atoms with Gasteiger partial charge < -0.3 is 39.2 Å². The maximum absolute atomic E-state index is 12.7. The van der Waals surface area contributed by atoms with Crippen LogP contribution >= 0.6 is 50.2 Å². The number of nitrogens with two attached hydrogens (primary N) is 1. The Balaban J connectivity index is 0.000000178. The molecule has 3 N–H and O–H groups in total. The number of anilines is 5. The van der Waals surface area contributed by atoms with Gasteiger partial charge in [0, 0.05) is 111 Å². The van der Waals surface area contributed by atoms with Gasteiger partial charge in [0.05, 0.1) is 54.7 Å². The van der Waals surface area contributed by atoms with Crippen molar-refractivity contribution in [3.63, 3.8) is 0 Å². The fraction of sp³-hybridized carbons (Fsp3) is 0.217. The second-order valence-corrected chi connectivity index (χ2v) is 18.0. The van der Waals surface area contributed by atoms with Crippen LogP contribution in [0.4, 0.5) is 55.4 Å². The van der Waals surface area contributed by atoms with Gasteiger partial charge in [0.2, 0.25) is 11.6 Å². The van der Waals surface area contributed by atoms with E-state index in [1.54, 1.807) is 137 Å². The maximum Gasteiger partial charge on any atom is 0.471 e. The molecule has 0 amide bonds. The zero-order valence-corrected chi connectivity index (χ0v) is 45.5. The molecule has 0 spiro atoms. The summed E-state index contributed by atoms with van der Waals surface area (Å²) in [4.78, 5) is 60.0. The molecule has 418 valence electrons. The first-order valence-corrected chi connectivity index (χ1v) is 25.4. The molecule has 10 rings (SSSR count). The quantitative estimate of drug-likeness (QED) is 0.0712. The van der Waals surface area contributed by atoms with Gasteiger partial charge in [-0.3, -0.25) is 29.9 Å². The van der Waals surface area contributed by atoms with Crippen molar-refractivity contribution in [1.29, 1.82) is 0 Å². The lowest BCUT2D eigenvalue weighted by molar-refractivity contribution is -0.160. The molecule has 0 aliphatic carbocycles.